The van der Waals surface area contributed by atoms with E-state index >= 15 is 0 Å². The van der Waals surface area contributed by atoms with E-state index in [2.05, 4.69) is 5.32 Å². The SMILES string of the molecule is CC[C@H](C(=O)NC(C)C)N(Cc1c(Cl)cccc1Cl)C(=O)CN(c1ccc(C)cc1)S(=O)(=O)c1ccc(C)cc1. The average Bonchev–Trinajstić information content (AvgIpc) is 2.89. The molecule has 0 unspecified atom stereocenters. The second-order valence-corrected chi connectivity index (χ2v) is 12.6. The molecule has 3 rings (SSSR count). The van der Waals surface area contributed by atoms with Gasteiger partial charge >= 0.3 is 0 Å². The third-order valence-electron chi connectivity index (χ3n) is 6.42. The molecular formula is C30H35Cl2N3O4S. The van der Waals surface area contributed by atoms with Gasteiger partial charge in [0.05, 0.1) is 10.6 Å². The molecule has 2 amide bonds. The molecule has 214 valence electrons. The van der Waals surface area contributed by atoms with Gasteiger partial charge in [-0.3, -0.25) is 13.9 Å². The molecule has 0 saturated carbocycles. The fourth-order valence-electron chi connectivity index (χ4n) is 4.23. The molecule has 0 aliphatic carbocycles. The van der Waals surface area contributed by atoms with Crippen molar-refractivity contribution >= 4 is 50.7 Å². The quantitative estimate of drug-likeness (QED) is 0.285. The monoisotopic (exact) mass is 603 g/mol. The Hall–Kier alpha value is -3.07. The maximum atomic E-state index is 14.1. The van der Waals surface area contributed by atoms with Gasteiger partial charge in [0.15, 0.2) is 0 Å². The van der Waals surface area contributed by atoms with E-state index in [9.17, 15) is 18.0 Å². The lowest BCUT2D eigenvalue weighted by Gasteiger charge is -2.34. The van der Waals surface area contributed by atoms with Gasteiger partial charge in [-0.05, 0) is 70.5 Å². The smallest absolute Gasteiger partial charge is 0.264 e. The molecule has 0 saturated heterocycles. The minimum atomic E-state index is -4.14. The zero-order valence-corrected chi connectivity index (χ0v) is 25.6. The number of hydrogen-bond donors (Lipinski definition) is 1. The third kappa shape index (κ3) is 7.56. The summed E-state index contributed by atoms with van der Waals surface area (Å²) in [4.78, 5) is 28.7. The van der Waals surface area contributed by atoms with Gasteiger partial charge in [0.25, 0.3) is 10.0 Å². The van der Waals surface area contributed by atoms with E-state index in [4.69, 9.17) is 23.2 Å². The highest BCUT2D eigenvalue weighted by molar-refractivity contribution is 7.92. The number of amides is 2. The summed E-state index contributed by atoms with van der Waals surface area (Å²) < 4.78 is 28.9. The molecule has 1 N–H and O–H groups in total. The summed E-state index contributed by atoms with van der Waals surface area (Å²) >= 11 is 12.9. The van der Waals surface area contributed by atoms with Crippen molar-refractivity contribution in [3.05, 3.63) is 93.5 Å². The van der Waals surface area contributed by atoms with E-state index in [1.807, 2.05) is 27.7 Å². The number of carbonyl (C=O) groups excluding carboxylic acids is 2. The van der Waals surface area contributed by atoms with Gasteiger partial charge in [0, 0.05) is 28.2 Å². The molecule has 1 atom stereocenters. The van der Waals surface area contributed by atoms with Gasteiger partial charge in [-0.15, -0.1) is 0 Å². The topological polar surface area (TPSA) is 86.8 Å². The molecule has 7 nitrogen and oxygen atoms in total. The van der Waals surface area contributed by atoms with Crippen LogP contribution in [-0.2, 0) is 26.2 Å². The normalized spacial score (nSPS) is 12.2. The number of nitrogens with zero attached hydrogens (tertiary/aromatic N) is 2. The summed E-state index contributed by atoms with van der Waals surface area (Å²) in [6.07, 6.45) is 0.293. The molecule has 3 aromatic rings. The summed E-state index contributed by atoms with van der Waals surface area (Å²) in [5, 5.41) is 3.55. The van der Waals surface area contributed by atoms with Crippen molar-refractivity contribution in [1.29, 1.82) is 0 Å². The maximum Gasteiger partial charge on any atom is 0.264 e. The number of halogens is 2. The molecule has 40 heavy (non-hydrogen) atoms. The third-order valence-corrected chi connectivity index (χ3v) is 8.91. The van der Waals surface area contributed by atoms with Crippen LogP contribution in [0.15, 0.2) is 71.6 Å². The zero-order chi connectivity index (χ0) is 29.6. The predicted octanol–water partition coefficient (Wildman–Crippen LogP) is 6.14. The van der Waals surface area contributed by atoms with Crippen molar-refractivity contribution in [2.24, 2.45) is 0 Å². The second-order valence-electron chi connectivity index (χ2n) is 9.97. The molecule has 0 aliphatic rings. The highest BCUT2D eigenvalue weighted by Gasteiger charge is 2.34. The van der Waals surface area contributed by atoms with Crippen LogP contribution in [0.4, 0.5) is 5.69 Å². The van der Waals surface area contributed by atoms with Gasteiger partial charge in [0.2, 0.25) is 11.8 Å². The molecule has 0 bridgehead atoms. The maximum absolute atomic E-state index is 14.1. The molecule has 0 fully saturated rings. The number of sulfonamides is 1. The Morgan fingerprint density at radius 2 is 1.40 bits per heavy atom. The van der Waals surface area contributed by atoms with Crippen molar-refractivity contribution in [3.8, 4) is 0 Å². The number of rotatable bonds is 11. The van der Waals surface area contributed by atoms with Crippen LogP contribution in [0.5, 0.6) is 0 Å². The van der Waals surface area contributed by atoms with E-state index < -0.39 is 28.5 Å². The molecule has 0 spiro atoms. The van der Waals surface area contributed by atoms with Crippen molar-refractivity contribution in [1.82, 2.24) is 10.2 Å². The van der Waals surface area contributed by atoms with Crippen LogP contribution < -0.4 is 9.62 Å². The zero-order valence-electron chi connectivity index (χ0n) is 23.3. The largest absolute Gasteiger partial charge is 0.352 e. The minimum Gasteiger partial charge on any atom is -0.352 e. The lowest BCUT2D eigenvalue weighted by Crippen LogP contribution is -2.53. The lowest BCUT2D eigenvalue weighted by molar-refractivity contribution is -0.140. The van der Waals surface area contributed by atoms with Crippen molar-refractivity contribution in [2.45, 2.75) is 64.6 Å². The number of benzene rings is 3. The van der Waals surface area contributed by atoms with Gasteiger partial charge < -0.3 is 10.2 Å². The summed E-state index contributed by atoms with van der Waals surface area (Å²) in [5.74, 6) is -0.921. The summed E-state index contributed by atoms with van der Waals surface area (Å²) in [6, 6.07) is 17.3. The number of anilines is 1. The second kappa shape index (κ2) is 13.5. The number of aryl methyl sites for hydroxylation is 2. The first-order valence-electron chi connectivity index (χ1n) is 13.0. The Labute approximate surface area is 247 Å². The van der Waals surface area contributed by atoms with Crippen LogP contribution in [0.1, 0.15) is 43.9 Å². The molecular weight excluding hydrogens is 569 g/mol. The molecule has 10 heteroatoms. The molecule has 0 radical (unpaired) electrons. The van der Waals surface area contributed by atoms with Gasteiger partial charge in [-0.1, -0.05) is 71.6 Å². The van der Waals surface area contributed by atoms with E-state index in [0.717, 1.165) is 15.4 Å². The fraction of sp³-hybridized carbons (Fsp3) is 0.333. The number of carbonyl (C=O) groups is 2. The Morgan fingerprint density at radius 1 is 0.875 bits per heavy atom. The number of nitrogens with one attached hydrogen (secondary N) is 1. The predicted molar refractivity (Wildman–Crippen MR) is 161 cm³/mol. The average molecular weight is 605 g/mol. The van der Waals surface area contributed by atoms with Crippen molar-refractivity contribution in [2.75, 3.05) is 10.8 Å². The number of hydrogen-bond acceptors (Lipinski definition) is 4. The van der Waals surface area contributed by atoms with Gasteiger partial charge in [0.1, 0.15) is 12.6 Å². The highest BCUT2D eigenvalue weighted by Crippen LogP contribution is 2.29. The fourth-order valence-corrected chi connectivity index (χ4v) is 6.16. The Kier molecular flexibility index (Phi) is 10.6. The van der Waals surface area contributed by atoms with Crippen LogP contribution in [0.25, 0.3) is 0 Å². The van der Waals surface area contributed by atoms with Crippen molar-refractivity contribution < 1.29 is 18.0 Å². The van der Waals surface area contributed by atoms with Gasteiger partial charge in [-0.2, -0.15) is 0 Å². The molecule has 0 heterocycles. The summed E-state index contributed by atoms with van der Waals surface area (Å²) in [6.45, 7) is 8.59. The first-order chi connectivity index (χ1) is 18.8. The van der Waals surface area contributed by atoms with Crippen LogP contribution in [0, 0.1) is 13.8 Å². The first kappa shape index (κ1) is 31.5. The van der Waals surface area contributed by atoms with Crippen molar-refractivity contribution in [3.63, 3.8) is 0 Å². The van der Waals surface area contributed by atoms with Crippen LogP contribution >= 0.6 is 23.2 Å². The van der Waals surface area contributed by atoms with E-state index in [0.29, 0.717) is 27.7 Å². The molecule has 0 aliphatic heterocycles. The minimum absolute atomic E-state index is 0.0526. The molecule has 3 aromatic carbocycles. The summed E-state index contributed by atoms with van der Waals surface area (Å²) in [5.41, 5.74) is 2.64. The van der Waals surface area contributed by atoms with E-state index in [1.165, 1.54) is 17.0 Å². The Morgan fingerprint density at radius 3 is 1.90 bits per heavy atom. The van der Waals surface area contributed by atoms with Crippen LogP contribution in [0.3, 0.4) is 0 Å². The highest BCUT2D eigenvalue weighted by atomic mass is 35.5. The molecule has 0 aromatic heterocycles. The van der Waals surface area contributed by atoms with E-state index in [1.54, 1.807) is 61.5 Å². The first-order valence-corrected chi connectivity index (χ1v) is 15.2. The standard InChI is InChI=1S/C30H35Cl2N3O4S/c1-6-28(30(37)33-20(2)3)34(18-25-26(31)8-7-9-27(25)32)29(36)19-35(23-14-10-21(4)11-15-23)40(38,39)24-16-12-22(5)13-17-24/h7-17,20,28H,6,18-19H2,1-5H3,(H,33,37)/t28-/m1/s1. The summed E-state index contributed by atoms with van der Waals surface area (Å²) in [7, 11) is -4.14. The van der Waals surface area contributed by atoms with E-state index in [-0.39, 0.29) is 23.4 Å². The van der Waals surface area contributed by atoms with Crippen LogP contribution in [-0.4, -0.2) is 43.8 Å². The van der Waals surface area contributed by atoms with Crippen LogP contribution in [0.2, 0.25) is 10.0 Å². The Balaban J connectivity index is 2.10. The van der Waals surface area contributed by atoms with Gasteiger partial charge in [-0.25, -0.2) is 8.42 Å². The Bertz CT molecular complexity index is 1420. The lowest BCUT2D eigenvalue weighted by atomic mass is 10.1.